The summed E-state index contributed by atoms with van der Waals surface area (Å²) in [6, 6.07) is 0.193. The van der Waals surface area contributed by atoms with E-state index in [1.165, 1.54) is 6.33 Å². The molecule has 0 aromatic carbocycles. The number of hydrogen-bond donors (Lipinski definition) is 0. The van der Waals surface area contributed by atoms with E-state index in [1.54, 1.807) is 11.6 Å². The highest BCUT2D eigenvalue weighted by molar-refractivity contribution is 5.77. The van der Waals surface area contributed by atoms with Crippen LogP contribution >= 0.6 is 0 Å². The molecule has 0 radical (unpaired) electrons. The fourth-order valence-corrected chi connectivity index (χ4v) is 4.18. The van der Waals surface area contributed by atoms with Crippen LogP contribution in [-0.2, 0) is 16.0 Å². The van der Waals surface area contributed by atoms with Crippen molar-refractivity contribution in [1.82, 2.24) is 24.5 Å². The van der Waals surface area contributed by atoms with Crippen LogP contribution in [0, 0.1) is 19.3 Å². The third-order valence-electron chi connectivity index (χ3n) is 6.67. The number of fused-ring (bicyclic) bond motifs is 1. The van der Waals surface area contributed by atoms with Gasteiger partial charge in [-0.2, -0.15) is 10.1 Å². The molecule has 0 aliphatic heterocycles. The van der Waals surface area contributed by atoms with Crippen LogP contribution in [0.4, 0.5) is 0 Å². The quantitative estimate of drug-likeness (QED) is 0.819. The number of amides is 1. The highest BCUT2D eigenvalue weighted by Gasteiger charge is 2.59. The molecule has 142 valence electrons. The highest BCUT2D eigenvalue weighted by Crippen LogP contribution is 2.53. The molecule has 7 nitrogen and oxygen atoms in total. The van der Waals surface area contributed by atoms with Gasteiger partial charge in [0.25, 0.3) is 5.78 Å². The normalized spacial score (nSPS) is 24.5. The monoisotopic (exact) mass is 359 g/mol. The lowest BCUT2D eigenvalue weighted by molar-refractivity contribution is -0.207. The molecule has 3 rings (SSSR count). The summed E-state index contributed by atoms with van der Waals surface area (Å²) in [5, 5.41) is 4.21. The topological polar surface area (TPSA) is 72.6 Å². The van der Waals surface area contributed by atoms with Gasteiger partial charge >= 0.3 is 0 Å². The third kappa shape index (κ3) is 2.69. The molecule has 1 amide bonds. The summed E-state index contributed by atoms with van der Waals surface area (Å²) in [7, 11) is 3.65. The Labute approximate surface area is 154 Å². The average Bonchev–Trinajstić information content (AvgIpc) is 3.06. The molecule has 1 aliphatic carbocycles. The Hall–Kier alpha value is -2.02. The van der Waals surface area contributed by atoms with Crippen LogP contribution in [0.3, 0.4) is 0 Å². The average molecular weight is 359 g/mol. The molecule has 0 spiro atoms. The zero-order valence-electron chi connectivity index (χ0n) is 16.8. The number of nitrogens with zero attached hydrogens (tertiary/aromatic N) is 5. The molecule has 1 aliphatic rings. The van der Waals surface area contributed by atoms with Gasteiger partial charge in [-0.3, -0.25) is 4.79 Å². The molecular weight excluding hydrogens is 330 g/mol. The number of aromatic nitrogens is 4. The molecule has 2 unspecified atom stereocenters. The zero-order valence-corrected chi connectivity index (χ0v) is 16.8. The van der Waals surface area contributed by atoms with Crippen molar-refractivity contribution >= 4 is 11.7 Å². The summed E-state index contributed by atoms with van der Waals surface area (Å²) in [5.74, 6) is 0.751. The number of carbonyl (C=O) groups is 1. The van der Waals surface area contributed by atoms with E-state index in [9.17, 15) is 4.79 Å². The molecule has 7 heteroatoms. The molecule has 2 aromatic heterocycles. The minimum atomic E-state index is -0.179. The SMILES string of the molecule is COC1(C)CC(N(C)C(=O)CCc2c(C)nc3ncnn3c2C)C1(C)C. The van der Waals surface area contributed by atoms with Crippen LogP contribution in [-0.4, -0.2) is 56.2 Å². The van der Waals surface area contributed by atoms with E-state index in [0.29, 0.717) is 18.6 Å². The summed E-state index contributed by atoms with van der Waals surface area (Å²) in [5.41, 5.74) is 2.73. The molecule has 2 heterocycles. The van der Waals surface area contributed by atoms with Crippen molar-refractivity contribution in [2.24, 2.45) is 5.41 Å². The molecule has 0 saturated heterocycles. The molecule has 2 atom stereocenters. The molecule has 26 heavy (non-hydrogen) atoms. The second kappa shape index (κ2) is 6.30. The molecule has 1 fully saturated rings. The van der Waals surface area contributed by atoms with Crippen molar-refractivity contribution in [2.75, 3.05) is 14.2 Å². The van der Waals surface area contributed by atoms with E-state index in [4.69, 9.17) is 4.74 Å². The van der Waals surface area contributed by atoms with Crippen LogP contribution in [0.5, 0.6) is 0 Å². The predicted molar refractivity (Wildman–Crippen MR) is 98.9 cm³/mol. The number of ether oxygens (including phenoxy) is 1. The van der Waals surface area contributed by atoms with Crippen molar-refractivity contribution in [3.05, 3.63) is 23.3 Å². The van der Waals surface area contributed by atoms with Crippen LogP contribution in [0.15, 0.2) is 6.33 Å². The summed E-state index contributed by atoms with van der Waals surface area (Å²) < 4.78 is 7.41. The van der Waals surface area contributed by atoms with Gasteiger partial charge in [-0.05, 0) is 39.2 Å². The van der Waals surface area contributed by atoms with Gasteiger partial charge in [-0.1, -0.05) is 13.8 Å². The zero-order chi connectivity index (χ0) is 19.3. The second-order valence-electron chi connectivity index (χ2n) is 8.11. The highest BCUT2D eigenvalue weighted by atomic mass is 16.5. The van der Waals surface area contributed by atoms with E-state index >= 15 is 0 Å². The Kier molecular flexibility index (Phi) is 4.55. The summed E-state index contributed by atoms with van der Waals surface area (Å²) >= 11 is 0. The maximum absolute atomic E-state index is 12.8. The fraction of sp³-hybridized carbons (Fsp3) is 0.684. The first-order valence-corrected chi connectivity index (χ1v) is 9.09. The summed E-state index contributed by atoms with van der Waals surface area (Å²) in [4.78, 5) is 23.3. The smallest absolute Gasteiger partial charge is 0.252 e. The Morgan fingerprint density at radius 2 is 2.08 bits per heavy atom. The largest absolute Gasteiger partial charge is 0.378 e. The molecule has 1 saturated carbocycles. The Bertz CT molecular complexity index is 844. The van der Waals surface area contributed by atoms with Crippen molar-refractivity contribution in [1.29, 1.82) is 0 Å². The van der Waals surface area contributed by atoms with Crippen LogP contribution < -0.4 is 0 Å². The van der Waals surface area contributed by atoms with E-state index < -0.39 is 0 Å². The lowest BCUT2D eigenvalue weighted by Gasteiger charge is -2.61. The first-order chi connectivity index (χ1) is 12.1. The van der Waals surface area contributed by atoms with Gasteiger partial charge in [0, 0.05) is 43.4 Å². The van der Waals surface area contributed by atoms with Crippen LogP contribution in [0.1, 0.15) is 50.6 Å². The van der Waals surface area contributed by atoms with Gasteiger partial charge in [-0.15, -0.1) is 0 Å². The maximum atomic E-state index is 12.8. The second-order valence-corrected chi connectivity index (χ2v) is 8.11. The first kappa shape index (κ1) is 18.8. The maximum Gasteiger partial charge on any atom is 0.252 e. The van der Waals surface area contributed by atoms with Crippen molar-refractivity contribution in [3.8, 4) is 0 Å². The number of hydrogen-bond acceptors (Lipinski definition) is 5. The number of rotatable bonds is 5. The van der Waals surface area contributed by atoms with Gasteiger partial charge in [0.05, 0.1) is 5.60 Å². The van der Waals surface area contributed by atoms with Crippen molar-refractivity contribution in [3.63, 3.8) is 0 Å². The van der Waals surface area contributed by atoms with Gasteiger partial charge in [-0.25, -0.2) is 9.50 Å². The van der Waals surface area contributed by atoms with E-state index in [1.807, 2.05) is 25.8 Å². The third-order valence-corrected chi connectivity index (χ3v) is 6.67. The summed E-state index contributed by atoms with van der Waals surface area (Å²) in [6.45, 7) is 10.4. The Morgan fingerprint density at radius 1 is 1.38 bits per heavy atom. The lowest BCUT2D eigenvalue weighted by Crippen LogP contribution is -2.68. The van der Waals surface area contributed by atoms with E-state index in [0.717, 1.165) is 23.4 Å². The Balaban J connectivity index is 1.70. The number of carbonyl (C=O) groups excluding carboxylic acids is 1. The van der Waals surface area contributed by atoms with Gasteiger partial charge in [0.15, 0.2) is 0 Å². The molecule has 0 N–H and O–H groups in total. The first-order valence-electron chi connectivity index (χ1n) is 9.09. The molecule has 2 aromatic rings. The van der Waals surface area contributed by atoms with E-state index in [-0.39, 0.29) is 23.0 Å². The van der Waals surface area contributed by atoms with Crippen molar-refractivity contribution < 1.29 is 9.53 Å². The van der Waals surface area contributed by atoms with Crippen LogP contribution in [0.25, 0.3) is 5.78 Å². The minimum Gasteiger partial charge on any atom is -0.378 e. The molecular formula is C19H29N5O2. The summed E-state index contributed by atoms with van der Waals surface area (Å²) in [6.07, 6.45) is 3.47. The van der Waals surface area contributed by atoms with E-state index in [2.05, 4.69) is 35.8 Å². The predicted octanol–water partition coefficient (Wildman–Crippen LogP) is 2.34. The van der Waals surface area contributed by atoms with Gasteiger partial charge < -0.3 is 9.64 Å². The fourth-order valence-electron chi connectivity index (χ4n) is 4.18. The number of aryl methyl sites for hydroxylation is 2. The Morgan fingerprint density at radius 3 is 2.69 bits per heavy atom. The van der Waals surface area contributed by atoms with Crippen molar-refractivity contribution in [2.45, 2.75) is 65.5 Å². The van der Waals surface area contributed by atoms with Gasteiger partial charge in [0.2, 0.25) is 5.91 Å². The minimum absolute atomic E-state index is 0.0702. The molecule has 0 bridgehead atoms. The standard InChI is InChI=1S/C19H29N5O2/c1-12-14(13(2)24-17(22-12)20-11-21-24)8-9-16(25)23(6)15-10-19(5,26-7)18(15,3)4/h11,15H,8-10H2,1-7H3. The number of methoxy groups -OCH3 is 1. The van der Waals surface area contributed by atoms with Gasteiger partial charge in [0.1, 0.15) is 6.33 Å². The van der Waals surface area contributed by atoms with Crippen LogP contribution in [0.2, 0.25) is 0 Å². The lowest BCUT2D eigenvalue weighted by atomic mass is 9.55.